The van der Waals surface area contributed by atoms with Gasteiger partial charge in [0, 0.05) is 12.6 Å². The number of para-hydroxylation sites is 2. The van der Waals surface area contributed by atoms with Gasteiger partial charge in [-0.2, -0.15) is 0 Å². The molecule has 0 saturated heterocycles. The Morgan fingerprint density at radius 3 is 2.38 bits per heavy atom. The molecule has 2 aromatic rings. The molecule has 1 aliphatic rings. The molecule has 0 radical (unpaired) electrons. The SMILES string of the molecule is CN(CC1COc2ccccc2O1)C(=O)CNC(=O)c1ccc(C(C)(C)C)cc1. The van der Waals surface area contributed by atoms with Crippen molar-refractivity contribution in [2.45, 2.75) is 32.3 Å². The van der Waals surface area contributed by atoms with Gasteiger partial charge in [0.05, 0.1) is 13.1 Å². The van der Waals surface area contributed by atoms with E-state index in [1.54, 1.807) is 24.1 Å². The van der Waals surface area contributed by atoms with E-state index in [2.05, 4.69) is 26.1 Å². The Morgan fingerprint density at radius 2 is 1.72 bits per heavy atom. The number of amides is 2. The summed E-state index contributed by atoms with van der Waals surface area (Å²) in [6.45, 7) is 7.05. The molecule has 29 heavy (non-hydrogen) atoms. The number of carbonyl (C=O) groups is 2. The van der Waals surface area contributed by atoms with Crippen LogP contribution in [-0.4, -0.2) is 49.6 Å². The molecule has 2 amide bonds. The maximum Gasteiger partial charge on any atom is 0.251 e. The first-order chi connectivity index (χ1) is 13.7. The van der Waals surface area contributed by atoms with Gasteiger partial charge in [0.25, 0.3) is 5.91 Å². The van der Waals surface area contributed by atoms with Crippen LogP contribution < -0.4 is 14.8 Å². The summed E-state index contributed by atoms with van der Waals surface area (Å²) in [6, 6.07) is 14.9. The summed E-state index contributed by atoms with van der Waals surface area (Å²) in [6.07, 6.45) is -0.250. The lowest BCUT2D eigenvalue weighted by molar-refractivity contribution is -0.130. The standard InChI is InChI=1S/C23H28N2O4/c1-23(2,3)17-11-9-16(10-12-17)22(27)24-13-21(26)25(4)14-18-15-28-19-7-5-6-8-20(19)29-18/h5-12,18H,13-15H2,1-4H3,(H,24,27). The van der Waals surface area contributed by atoms with E-state index in [-0.39, 0.29) is 29.9 Å². The average molecular weight is 396 g/mol. The van der Waals surface area contributed by atoms with Crippen molar-refractivity contribution in [2.75, 3.05) is 26.7 Å². The number of nitrogens with one attached hydrogen (secondary N) is 1. The van der Waals surface area contributed by atoms with Crippen molar-refractivity contribution in [2.24, 2.45) is 0 Å². The molecule has 0 bridgehead atoms. The van der Waals surface area contributed by atoms with Gasteiger partial charge in [-0.15, -0.1) is 0 Å². The van der Waals surface area contributed by atoms with Crippen LogP contribution in [0.4, 0.5) is 0 Å². The number of rotatable bonds is 5. The Balaban J connectivity index is 1.48. The Hall–Kier alpha value is -3.02. The number of nitrogens with zero attached hydrogens (tertiary/aromatic N) is 1. The van der Waals surface area contributed by atoms with Gasteiger partial charge in [0.15, 0.2) is 17.6 Å². The minimum absolute atomic E-state index is 0.0269. The zero-order valence-electron chi connectivity index (χ0n) is 17.4. The van der Waals surface area contributed by atoms with E-state index in [0.29, 0.717) is 30.2 Å². The van der Waals surface area contributed by atoms with Crippen LogP contribution in [0.5, 0.6) is 11.5 Å². The molecule has 6 nitrogen and oxygen atoms in total. The summed E-state index contributed by atoms with van der Waals surface area (Å²) in [5.74, 6) is 0.935. The summed E-state index contributed by atoms with van der Waals surface area (Å²) in [5.41, 5.74) is 1.72. The zero-order valence-corrected chi connectivity index (χ0v) is 17.4. The number of carbonyl (C=O) groups excluding carboxylic acids is 2. The lowest BCUT2D eigenvalue weighted by atomic mass is 9.87. The van der Waals surface area contributed by atoms with Crippen LogP contribution in [0.15, 0.2) is 48.5 Å². The van der Waals surface area contributed by atoms with Crippen LogP contribution in [0.1, 0.15) is 36.7 Å². The molecule has 0 aromatic heterocycles. The van der Waals surface area contributed by atoms with Crippen molar-refractivity contribution in [1.82, 2.24) is 10.2 Å². The van der Waals surface area contributed by atoms with Crippen LogP contribution in [0.3, 0.4) is 0 Å². The van der Waals surface area contributed by atoms with Gasteiger partial charge < -0.3 is 19.7 Å². The molecular weight excluding hydrogens is 368 g/mol. The molecular formula is C23H28N2O4. The second-order valence-corrected chi connectivity index (χ2v) is 8.28. The third kappa shape index (κ3) is 5.28. The maximum absolute atomic E-state index is 12.4. The number of hydrogen-bond acceptors (Lipinski definition) is 4. The van der Waals surface area contributed by atoms with Gasteiger partial charge in [-0.3, -0.25) is 9.59 Å². The van der Waals surface area contributed by atoms with Gasteiger partial charge in [0.1, 0.15) is 6.61 Å². The molecule has 3 rings (SSSR count). The van der Waals surface area contributed by atoms with Crippen LogP contribution in [0.2, 0.25) is 0 Å². The summed E-state index contributed by atoms with van der Waals surface area (Å²) >= 11 is 0. The summed E-state index contributed by atoms with van der Waals surface area (Å²) in [7, 11) is 1.69. The predicted octanol–water partition coefficient (Wildman–Crippen LogP) is 3.01. The fourth-order valence-corrected chi connectivity index (χ4v) is 3.07. The van der Waals surface area contributed by atoms with Crippen LogP contribution >= 0.6 is 0 Å². The van der Waals surface area contributed by atoms with Crippen LogP contribution in [0.25, 0.3) is 0 Å². The highest BCUT2D eigenvalue weighted by molar-refractivity contribution is 5.96. The average Bonchev–Trinajstić information content (AvgIpc) is 2.71. The molecule has 154 valence electrons. The molecule has 1 aliphatic heterocycles. The topological polar surface area (TPSA) is 67.9 Å². The molecule has 0 aliphatic carbocycles. The minimum atomic E-state index is -0.265. The third-order valence-corrected chi connectivity index (χ3v) is 4.88. The Bertz CT molecular complexity index is 871. The molecule has 1 N–H and O–H groups in total. The largest absolute Gasteiger partial charge is 0.486 e. The van der Waals surface area contributed by atoms with E-state index in [1.165, 1.54) is 0 Å². The van der Waals surface area contributed by atoms with Crippen molar-refractivity contribution in [3.05, 3.63) is 59.7 Å². The Morgan fingerprint density at radius 1 is 1.07 bits per heavy atom. The lowest BCUT2D eigenvalue weighted by Crippen LogP contribution is -2.45. The quantitative estimate of drug-likeness (QED) is 0.844. The third-order valence-electron chi connectivity index (χ3n) is 4.88. The molecule has 1 atom stereocenters. The van der Waals surface area contributed by atoms with Crippen molar-refractivity contribution in [3.63, 3.8) is 0 Å². The number of hydrogen-bond donors (Lipinski definition) is 1. The van der Waals surface area contributed by atoms with Gasteiger partial charge in [0.2, 0.25) is 5.91 Å². The maximum atomic E-state index is 12.4. The van der Waals surface area contributed by atoms with E-state index in [0.717, 1.165) is 5.56 Å². The number of fused-ring (bicyclic) bond motifs is 1. The fourth-order valence-electron chi connectivity index (χ4n) is 3.07. The van der Waals surface area contributed by atoms with Gasteiger partial charge in [-0.1, -0.05) is 45.0 Å². The molecule has 0 fully saturated rings. The van der Waals surface area contributed by atoms with Crippen LogP contribution in [0, 0.1) is 0 Å². The smallest absolute Gasteiger partial charge is 0.251 e. The Labute approximate surface area is 171 Å². The highest BCUT2D eigenvalue weighted by Crippen LogP contribution is 2.30. The van der Waals surface area contributed by atoms with E-state index < -0.39 is 0 Å². The second-order valence-electron chi connectivity index (χ2n) is 8.28. The zero-order chi connectivity index (χ0) is 21.0. The second kappa shape index (κ2) is 8.55. The van der Waals surface area contributed by atoms with Crippen molar-refractivity contribution in [1.29, 1.82) is 0 Å². The van der Waals surface area contributed by atoms with Crippen molar-refractivity contribution >= 4 is 11.8 Å². The van der Waals surface area contributed by atoms with Crippen molar-refractivity contribution < 1.29 is 19.1 Å². The number of likely N-dealkylation sites (N-methyl/N-ethyl adjacent to an activating group) is 1. The molecule has 1 unspecified atom stereocenters. The monoisotopic (exact) mass is 396 g/mol. The van der Waals surface area contributed by atoms with Gasteiger partial charge >= 0.3 is 0 Å². The predicted molar refractivity (Wildman–Crippen MR) is 111 cm³/mol. The first-order valence-corrected chi connectivity index (χ1v) is 9.75. The normalized spacial score (nSPS) is 15.5. The van der Waals surface area contributed by atoms with E-state index in [9.17, 15) is 9.59 Å². The van der Waals surface area contributed by atoms with Crippen LogP contribution in [-0.2, 0) is 10.2 Å². The van der Waals surface area contributed by atoms with Crippen molar-refractivity contribution in [3.8, 4) is 11.5 Å². The summed E-state index contributed by atoms with van der Waals surface area (Å²) in [5, 5.41) is 2.69. The molecule has 0 spiro atoms. The Kier molecular flexibility index (Phi) is 6.11. The fraction of sp³-hybridized carbons (Fsp3) is 0.391. The number of benzene rings is 2. The molecule has 6 heteroatoms. The lowest BCUT2D eigenvalue weighted by Gasteiger charge is -2.29. The minimum Gasteiger partial charge on any atom is -0.486 e. The molecule has 0 saturated carbocycles. The first-order valence-electron chi connectivity index (χ1n) is 9.75. The molecule has 2 aromatic carbocycles. The highest BCUT2D eigenvalue weighted by atomic mass is 16.6. The summed E-state index contributed by atoms with van der Waals surface area (Å²) in [4.78, 5) is 26.3. The summed E-state index contributed by atoms with van der Waals surface area (Å²) < 4.78 is 11.6. The van der Waals surface area contributed by atoms with Gasteiger partial charge in [-0.05, 0) is 35.2 Å². The number of ether oxygens (including phenoxy) is 2. The van der Waals surface area contributed by atoms with E-state index in [4.69, 9.17) is 9.47 Å². The van der Waals surface area contributed by atoms with E-state index >= 15 is 0 Å². The first kappa shape index (κ1) is 20.7. The van der Waals surface area contributed by atoms with Gasteiger partial charge in [-0.25, -0.2) is 0 Å². The van der Waals surface area contributed by atoms with E-state index in [1.807, 2.05) is 36.4 Å². The molecule has 1 heterocycles. The highest BCUT2D eigenvalue weighted by Gasteiger charge is 2.24.